The maximum Gasteiger partial charge on any atom is 0.347 e. The number of urea groups is 1. The number of nitrogens with one attached hydrogen (secondary N) is 2. The Bertz CT molecular complexity index is 897. The molecule has 3 rings (SSSR count). The van der Waals surface area contributed by atoms with E-state index in [9.17, 15) is 19.2 Å². The fourth-order valence-corrected chi connectivity index (χ4v) is 3.94. The molecule has 1 heterocycles. The SMILES string of the molecule is Cc1cc(Cl)ccc1OC(C)C(=O)OCC(=O)NN1C(=O)NC2(CCC(C)CC2)C1=O. The Balaban J connectivity index is 1.50. The summed E-state index contributed by atoms with van der Waals surface area (Å²) in [5.41, 5.74) is 2.00. The van der Waals surface area contributed by atoms with Crippen LogP contribution in [-0.4, -0.2) is 47.1 Å². The molecule has 2 N–H and O–H groups in total. The van der Waals surface area contributed by atoms with Crippen LogP contribution in [-0.2, 0) is 19.1 Å². The summed E-state index contributed by atoms with van der Waals surface area (Å²) in [6.07, 6.45) is 1.71. The number of carbonyl (C=O) groups excluding carboxylic acids is 4. The first kappa shape index (κ1) is 22.9. The predicted molar refractivity (Wildman–Crippen MR) is 111 cm³/mol. The normalized spacial score (nSPS) is 24.0. The molecule has 1 aliphatic heterocycles. The number of amides is 4. The summed E-state index contributed by atoms with van der Waals surface area (Å²) < 4.78 is 10.5. The molecule has 0 radical (unpaired) electrons. The maximum absolute atomic E-state index is 12.7. The highest BCUT2D eigenvalue weighted by Gasteiger charge is 2.52. The van der Waals surface area contributed by atoms with E-state index in [4.69, 9.17) is 21.1 Å². The molecule has 2 aliphatic rings. The number of ether oxygens (including phenoxy) is 2. The van der Waals surface area contributed by atoms with Gasteiger partial charge in [-0.1, -0.05) is 18.5 Å². The molecule has 31 heavy (non-hydrogen) atoms. The Morgan fingerprint density at radius 1 is 1.32 bits per heavy atom. The number of imide groups is 1. The molecular formula is C21H26ClN3O6. The van der Waals surface area contributed by atoms with Gasteiger partial charge in [0.05, 0.1) is 0 Å². The molecule has 1 spiro atoms. The molecule has 1 unspecified atom stereocenters. The van der Waals surface area contributed by atoms with Gasteiger partial charge in [-0.3, -0.25) is 15.0 Å². The first-order valence-corrected chi connectivity index (χ1v) is 10.5. The van der Waals surface area contributed by atoms with Crippen molar-refractivity contribution < 1.29 is 28.7 Å². The Kier molecular flexibility index (Phi) is 6.74. The maximum atomic E-state index is 12.7. The largest absolute Gasteiger partial charge is 0.479 e. The van der Waals surface area contributed by atoms with Crippen LogP contribution in [0.3, 0.4) is 0 Å². The van der Waals surface area contributed by atoms with Gasteiger partial charge in [0.15, 0.2) is 12.7 Å². The first-order chi connectivity index (χ1) is 14.6. The number of carbonyl (C=O) groups is 4. The molecule has 1 aliphatic carbocycles. The van der Waals surface area contributed by atoms with Crippen molar-refractivity contribution in [1.29, 1.82) is 0 Å². The fraction of sp³-hybridized carbons (Fsp3) is 0.524. The van der Waals surface area contributed by atoms with E-state index >= 15 is 0 Å². The molecule has 1 aromatic rings. The number of hydrogen-bond donors (Lipinski definition) is 2. The van der Waals surface area contributed by atoms with E-state index in [-0.39, 0.29) is 0 Å². The monoisotopic (exact) mass is 451 g/mol. The standard InChI is InChI=1S/C21H26ClN3O6/c1-12-6-8-21(9-7-12)19(28)25(20(29)23-21)24-17(26)11-30-18(27)14(3)31-16-5-4-15(22)10-13(16)2/h4-5,10,12,14H,6-9,11H2,1-3H3,(H,23,29)(H,24,26). The number of esters is 1. The van der Waals surface area contributed by atoms with E-state index in [1.165, 1.54) is 6.92 Å². The molecule has 10 heteroatoms. The van der Waals surface area contributed by atoms with Crippen LogP contribution in [0.2, 0.25) is 5.02 Å². The van der Waals surface area contributed by atoms with Gasteiger partial charge in [0, 0.05) is 5.02 Å². The summed E-state index contributed by atoms with van der Waals surface area (Å²) in [6, 6.07) is 4.27. The Morgan fingerprint density at radius 3 is 2.65 bits per heavy atom. The molecule has 2 fully saturated rings. The highest BCUT2D eigenvalue weighted by molar-refractivity contribution is 6.30. The highest BCUT2D eigenvalue weighted by Crippen LogP contribution is 2.35. The van der Waals surface area contributed by atoms with Crippen molar-refractivity contribution in [3.8, 4) is 5.75 Å². The van der Waals surface area contributed by atoms with Crippen molar-refractivity contribution in [2.45, 2.75) is 58.1 Å². The minimum Gasteiger partial charge on any atom is -0.479 e. The Morgan fingerprint density at radius 2 is 2.00 bits per heavy atom. The van der Waals surface area contributed by atoms with Gasteiger partial charge in [0.25, 0.3) is 11.8 Å². The second-order valence-electron chi connectivity index (χ2n) is 8.15. The zero-order valence-electron chi connectivity index (χ0n) is 17.7. The van der Waals surface area contributed by atoms with Gasteiger partial charge in [0.1, 0.15) is 11.3 Å². The highest BCUT2D eigenvalue weighted by atomic mass is 35.5. The number of hydrogen-bond acceptors (Lipinski definition) is 6. The molecule has 9 nitrogen and oxygen atoms in total. The van der Waals surface area contributed by atoms with E-state index < -0.39 is 42.1 Å². The predicted octanol–water partition coefficient (Wildman–Crippen LogP) is 2.49. The van der Waals surface area contributed by atoms with Gasteiger partial charge < -0.3 is 14.8 Å². The zero-order chi connectivity index (χ0) is 22.8. The lowest BCUT2D eigenvalue weighted by Gasteiger charge is -2.33. The van der Waals surface area contributed by atoms with Crippen LogP contribution in [0.5, 0.6) is 5.75 Å². The van der Waals surface area contributed by atoms with E-state index in [1.807, 2.05) is 0 Å². The quantitative estimate of drug-likeness (QED) is 0.507. The summed E-state index contributed by atoms with van der Waals surface area (Å²) in [5, 5.41) is 3.91. The summed E-state index contributed by atoms with van der Waals surface area (Å²) in [6.45, 7) is 4.71. The van der Waals surface area contributed by atoms with Gasteiger partial charge in [-0.25, -0.2) is 9.59 Å². The molecule has 1 saturated heterocycles. The van der Waals surface area contributed by atoms with Crippen molar-refractivity contribution >= 4 is 35.4 Å². The third kappa shape index (κ3) is 5.10. The number of aryl methyl sites for hydroxylation is 1. The van der Waals surface area contributed by atoms with Crippen LogP contribution >= 0.6 is 11.6 Å². The molecule has 0 aromatic heterocycles. The van der Waals surface area contributed by atoms with E-state index in [0.29, 0.717) is 34.5 Å². The molecule has 168 valence electrons. The number of benzene rings is 1. The minimum atomic E-state index is -0.975. The molecule has 1 aromatic carbocycles. The lowest BCUT2D eigenvalue weighted by atomic mass is 9.77. The fourth-order valence-electron chi connectivity index (χ4n) is 3.71. The second-order valence-corrected chi connectivity index (χ2v) is 8.58. The average Bonchev–Trinajstić information content (AvgIpc) is 2.94. The topological polar surface area (TPSA) is 114 Å². The molecule has 0 bridgehead atoms. The Hall–Kier alpha value is -2.81. The zero-order valence-corrected chi connectivity index (χ0v) is 18.5. The summed E-state index contributed by atoms with van der Waals surface area (Å²) in [7, 11) is 0. The van der Waals surface area contributed by atoms with Gasteiger partial charge in [-0.05, 0) is 69.2 Å². The van der Waals surface area contributed by atoms with Crippen molar-refractivity contribution in [3.63, 3.8) is 0 Å². The van der Waals surface area contributed by atoms with Crippen LogP contribution in [0.1, 0.15) is 45.1 Å². The van der Waals surface area contributed by atoms with Gasteiger partial charge in [-0.15, -0.1) is 0 Å². The van der Waals surface area contributed by atoms with Crippen LogP contribution in [0, 0.1) is 12.8 Å². The van der Waals surface area contributed by atoms with Crippen LogP contribution in [0.25, 0.3) is 0 Å². The van der Waals surface area contributed by atoms with E-state index in [0.717, 1.165) is 18.4 Å². The smallest absolute Gasteiger partial charge is 0.347 e. The first-order valence-electron chi connectivity index (χ1n) is 10.2. The number of nitrogens with zero attached hydrogens (tertiary/aromatic N) is 1. The third-order valence-corrected chi connectivity index (χ3v) is 5.88. The van der Waals surface area contributed by atoms with Gasteiger partial charge in [0.2, 0.25) is 0 Å². The van der Waals surface area contributed by atoms with Gasteiger partial charge in [-0.2, -0.15) is 5.01 Å². The average molecular weight is 452 g/mol. The molecular weight excluding hydrogens is 426 g/mol. The summed E-state index contributed by atoms with van der Waals surface area (Å²) >= 11 is 5.90. The Labute approximate surface area is 185 Å². The van der Waals surface area contributed by atoms with Crippen LogP contribution in [0.15, 0.2) is 18.2 Å². The molecule has 1 saturated carbocycles. The van der Waals surface area contributed by atoms with Crippen molar-refractivity contribution in [2.24, 2.45) is 5.92 Å². The number of halogens is 1. The summed E-state index contributed by atoms with van der Waals surface area (Å²) in [5.74, 6) is -1.10. The number of hydrazine groups is 1. The number of rotatable bonds is 6. The third-order valence-electron chi connectivity index (χ3n) is 5.64. The van der Waals surface area contributed by atoms with Crippen molar-refractivity contribution in [2.75, 3.05) is 6.61 Å². The van der Waals surface area contributed by atoms with Crippen molar-refractivity contribution in [3.05, 3.63) is 28.8 Å². The molecule has 1 atom stereocenters. The van der Waals surface area contributed by atoms with E-state index in [1.54, 1.807) is 25.1 Å². The van der Waals surface area contributed by atoms with Crippen LogP contribution in [0.4, 0.5) is 4.79 Å². The van der Waals surface area contributed by atoms with Crippen molar-refractivity contribution in [1.82, 2.24) is 15.8 Å². The summed E-state index contributed by atoms with van der Waals surface area (Å²) in [4.78, 5) is 49.3. The van der Waals surface area contributed by atoms with E-state index in [2.05, 4.69) is 17.7 Å². The second kappa shape index (κ2) is 9.13. The van der Waals surface area contributed by atoms with Gasteiger partial charge >= 0.3 is 12.0 Å². The van der Waals surface area contributed by atoms with Crippen LogP contribution < -0.4 is 15.5 Å². The molecule has 4 amide bonds. The lowest BCUT2D eigenvalue weighted by Crippen LogP contribution is -2.52. The lowest BCUT2D eigenvalue weighted by molar-refractivity contribution is -0.156. The minimum absolute atomic E-state index is 0.463.